The van der Waals surface area contributed by atoms with Crippen molar-refractivity contribution >= 4 is 24.7 Å². The fourth-order valence-electron chi connectivity index (χ4n) is 4.99. The molecule has 0 saturated heterocycles. The summed E-state index contributed by atoms with van der Waals surface area (Å²) < 4.78 is 12.5. The average Bonchev–Trinajstić information content (AvgIpc) is 2.74. The number of ether oxygens (including phenoxy) is 1. The first-order valence-corrected chi connectivity index (χ1v) is 13.2. The zero-order valence-corrected chi connectivity index (χ0v) is 20.4. The van der Waals surface area contributed by atoms with Gasteiger partial charge in [-0.05, 0) is 41.1 Å². The summed E-state index contributed by atoms with van der Waals surface area (Å²) in [6, 6.07) is 21.1. The van der Waals surface area contributed by atoms with Gasteiger partial charge in [0.25, 0.3) is 8.32 Å². The third-order valence-corrected chi connectivity index (χ3v) is 11.6. The lowest BCUT2D eigenvalue weighted by Gasteiger charge is -2.47. The Morgan fingerprint density at radius 3 is 1.97 bits per heavy atom. The molecule has 1 saturated carbocycles. The molecule has 0 heterocycles. The molecule has 0 bridgehead atoms. The van der Waals surface area contributed by atoms with Gasteiger partial charge in [-0.2, -0.15) is 0 Å². The summed E-state index contributed by atoms with van der Waals surface area (Å²) >= 11 is 0. The van der Waals surface area contributed by atoms with Crippen LogP contribution in [0.4, 0.5) is 0 Å². The Bertz CT molecular complexity index is 807. The quantitative estimate of drug-likeness (QED) is 0.547. The molecule has 4 atom stereocenters. The van der Waals surface area contributed by atoms with E-state index in [1.54, 1.807) is 6.92 Å². The molecule has 0 amide bonds. The normalized spacial score (nSPS) is 24.6. The van der Waals surface area contributed by atoms with Crippen molar-refractivity contribution in [3.05, 3.63) is 60.7 Å². The number of aliphatic hydroxyl groups excluding tert-OH is 1. The standard InChI is InChI=1S/C26H36O4Si/c1-6-29-25(28)23-18-20(17-19(2)24(23)27)30-31(26(3,4)5,21-13-9-7-10-14-21)22-15-11-8-12-16-22/h7-16,19-20,23-24,27H,6,17-18H2,1-5H3/t19-,20-,23+,24?/m1/s1. The number of aliphatic hydroxyl groups is 1. The van der Waals surface area contributed by atoms with E-state index in [1.165, 1.54) is 10.4 Å². The Labute approximate surface area is 187 Å². The fourth-order valence-corrected chi connectivity index (χ4v) is 9.70. The van der Waals surface area contributed by atoms with Gasteiger partial charge in [0.15, 0.2) is 0 Å². The van der Waals surface area contributed by atoms with E-state index >= 15 is 0 Å². The van der Waals surface area contributed by atoms with Crippen molar-refractivity contribution in [1.29, 1.82) is 0 Å². The second-order valence-corrected chi connectivity index (χ2v) is 14.0. The largest absolute Gasteiger partial charge is 0.466 e. The predicted molar refractivity (Wildman–Crippen MR) is 127 cm³/mol. The zero-order valence-electron chi connectivity index (χ0n) is 19.4. The summed E-state index contributed by atoms with van der Waals surface area (Å²) in [6.07, 6.45) is 0.383. The molecular weight excluding hydrogens is 404 g/mol. The Balaban J connectivity index is 2.06. The van der Waals surface area contributed by atoms with Crippen LogP contribution in [-0.4, -0.2) is 38.2 Å². The Morgan fingerprint density at radius 1 is 1.00 bits per heavy atom. The SMILES string of the molecule is CCOC(=O)[C@H]1C[C@H](O[Si](c2ccccc2)(c2ccccc2)C(C)(C)C)C[C@@H](C)C1O. The lowest BCUT2D eigenvalue weighted by Crippen LogP contribution is -2.68. The number of carbonyl (C=O) groups is 1. The first kappa shape index (κ1) is 23.7. The summed E-state index contributed by atoms with van der Waals surface area (Å²) in [6.45, 7) is 10.9. The molecule has 1 aliphatic rings. The minimum atomic E-state index is -2.70. The van der Waals surface area contributed by atoms with Crippen molar-refractivity contribution < 1.29 is 19.1 Å². The van der Waals surface area contributed by atoms with Crippen LogP contribution in [0.5, 0.6) is 0 Å². The monoisotopic (exact) mass is 440 g/mol. The van der Waals surface area contributed by atoms with Gasteiger partial charge >= 0.3 is 5.97 Å². The van der Waals surface area contributed by atoms with Gasteiger partial charge in [-0.3, -0.25) is 4.79 Å². The van der Waals surface area contributed by atoms with Gasteiger partial charge in [0.2, 0.25) is 0 Å². The summed E-state index contributed by atoms with van der Waals surface area (Å²) in [4.78, 5) is 12.6. The molecular formula is C26H36O4Si. The van der Waals surface area contributed by atoms with Crippen LogP contribution in [0.1, 0.15) is 47.5 Å². The van der Waals surface area contributed by atoms with Crippen molar-refractivity contribution in [2.45, 2.75) is 64.7 Å². The molecule has 31 heavy (non-hydrogen) atoms. The van der Waals surface area contributed by atoms with Gasteiger partial charge < -0.3 is 14.3 Å². The summed E-state index contributed by atoms with van der Waals surface area (Å²) in [5.41, 5.74) is 0. The molecule has 1 N–H and O–H groups in total. The summed E-state index contributed by atoms with van der Waals surface area (Å²) in [5.74, 6) is -0.907. The number of hydrogen-bond donors (Lipinski definition) is 1. The first-order chi connectivity index (χ1) is 14.7. The summed E-state index contributed by atoms with van der Waals surface area (Å²) in [7, 11) is -2.70. The van der Waals surface area contributed by atoms with Crippen LogP contribution in [0.2, 0.25) is 5.04 Å². The van der Waals surface area contributed by atoms with Crippen LogP contribution in [-0.2, 0) is 14.0 Å². The molecule has 5 heteroatoms. The third kappa shape index (κ3) is 4.79. The van der Waals surface area contributed by atoms with Crippen LogP contribution in [0.15, 0.2) is 60.7 Å². The van der Waals surface area contributed by atoms with Gasteiger partial charge in [0, 0.05) is 6.10 Å². The lowest BCUT2D eigenvalue weighted by molar-refractivity contribution is -0.158. The highest BCUT2D eigenvalue weighted by atomic mass is 28.4. The van der Waals surface area contributed by atoms with E-state index in [1.807, 2.05) is 19.1 Å². The maximum absolute atomic E-state index is 12.6. The van der Waals surface area contributed by atoms with Crippen molar-refractivity contribution in [1.82, 2.24) is 0 Å². The van der Waals surface area contributed by atoms with Crippen LogP contribution >= 0.6 is 0 Å². The van der Waals surface area contributed by atoms with E-state index in [4.69, 9.17) is 9.16 Å². The van der Waals surface area contributed by atoms with Gasteiger partial charge in [0.1, 0.15) is 0 Å². The number of esters is 1. The Morgan fingerprint density at radius 2 is 1.52 bits per heavy atom. The molecule has 1 fully saturated rings. The number of carbonyl (C=O) groups excluding carboxylic acids is 1. The smallest absolute Gasteiger partial charge is 0.311 e. The molecule has 2 aromatic rings. The minimum absolute atomic E-state index is 0.0358. The minimum Gasteiger partial charge on any atom is -0.466 e. The topological polar surface area (TPSA) is 55.8 Å². The Hall–Kier alpha value is -1.95. The highest BCUT2D eigenvalue weighted by Crippen LogP contribution is 2.41. The lowest BCUT2D eigenvalue weighted by atomic mass is 9.78. The van der Waals surface area contributed by atoms with Crippen molar-refractivity contribution in [2.24, 2.45) is 11.8 Å². The van der Waals surface area contributed by atoms with Crippen LogP contribution in [0, 0.1) is 11.8 Å². The first-order valence-electron chi connectivity index (χ1n) is 11.3. The average molecular weight is 441 g/mol. The van der Waals surface area contributed by atoms with E-state index < -0.39 is 20.3 Å². The molecule has 1 unspecified atom stereocenters. The number of benzene rings is 2. The predicted octanol–water partition coefficient (Wildman–Crippen LogP) is 3.90. The van der Waals surface area contributed by atoms with Gasteiger partial charge in [-0.25, -0.2) is 0 Å². The highest BCUT2D eigenvalue weighted by Gasteiger charge is 2.53. The van der Waals surface area contributed by atoms with Gasteiger partial charge in [0.05, 0.1) is 18.6 Å². The zero-order chi connectivity index (χ0) is 22.6. The maximum atomic E-state index is 12.6. The van der Waals surface area contributed by atoms with E-state index in [2.05, 4.69) is 69.3 Å². The maximum Gasteiger partial charge on any atom is 0.311 e. The van der Waals surface area contributed by atoms with Crippen LogP contribution < -0.4 is 10.4 Å². The van der Waals surface area contributed by atoms with Crippen molar-refractivity contribution in [3.63, 3.8) is 0 Å². The van der Waals surface area contributed by atoms with Gasteiger partial charge in [-0.1, -0.05) is 88.4 Å². The molecule has 4 nitrogen and oxygen atoms in total. The molecule has 1 aliphatic carbocycles. The molecule has 0 radical (unpaired) electrons. The molecule has 0 aliphatic heterocycles. The molecule has 0 aromatic heterocycles. The van der Waals surface area contributed by atoms with E-state index in [0.29, 0.717) is 13.0 Å². The molecule has 3 rings (SSSR count). The number of rotatable bonds is 6. The van der Waals surface area contributed by atoms with Crippen LogP contribution in [0.25, 0.3) is 0 Å². The number of hydrogen-bond acceptors (Lipinski definition) is 4. The van der Waals surface area contributed by atoms with E-state index in [-0.39, 0.29) is 23.0 Å². The highest BCUT2D eigenvalue weighted by molar-refractivity contribution is 6.99. The van der Waals surface area contributed by atoms with E-state index in [9.17, 15) is 9.90 Å². The second kappa shape index (κ2) is 9.68. The molecule has 168 valence electrons. The second-order valence-electron chi connectivity index (χ2n) is 9.70. The molecule has 0 spiro atoms. The third-order valence-electron chi connectivity index (χ3n) is 6.50. The fraction of sp³-hybridized carbons (Fsp3) is 0.500. The Kier molecular flexibility index (Phi) is 7.40. The van der Waals surface area contributed by atoms with Crippen molar-refractivity contribution in [3.8, 4) is 0 Å². The van der Waals surface area contributed by atoms with Crippen molar-refractivity contribution in [2.75, 3.05) is 6.61 Å². The van der Waals surface area contributed by atoms with Crippen LogP contribution in [0.3, 0.4) is 0 Å². The molecule has 2 aromatic carbocycles. The summed E-state index contributed by atoms with van der Waals surface area (Å²) in [5, 5.41) is 13.0. The van der Waals surface area contributed by atoms with Gasteiger partial charge in [-0.15, -0.1) is 0 Å². The van der Waals surface area contributed by atoms with E-state index in [0.717, 1.165) is 6.42 Å².